The minimum absolute atomic E-state index is 0. The van der Waals surface area contributed by atoms with Crippen molar-refractivity contribution >= 4 is 13.3 Å². The molecule has 0 atom stereocenters. The van der Waals surface area contributed by atoms with E-state index in [0.29, 0.717) is 0 Å². The van der Waals surface area contributed by atoms with Crippen molar-refractivity contribution in [3.63, 3.8) is 0 Å². The van der Waals surface area contributed by atoms with Gasteiger partial charge in [-0.2, -0.15) is 0 Å². The summed E-state index contributed by atoms with van der Waals surface area (Å²) in [5.41, 5.74) is 2.36. The summed E-state index contributed by atoms with van der Waals surface area (Å²) in [5, 5.41) is 0. The molecule has 1 aromatic rings. The molecular formula is C12H17BO2. The molecule has 1 saturated carbocycles. The van der Waals surface area contributed by atoms with Crippen LogP contribution in [0.25, 0.3) is 0 Å². The van der Waals surface area contributed by atoms with Gasteiger partial charge in [-0.3, -0.25) is 0 Å². The number of hydrogen-bond acceptors (Lipinski definition) is 2. The van der Waals surface area contributed by atoms with Crippen LogP contribution < -0.4 is 5.46 Å². The Morgan fingerprint density at radius 1 is 0.867 bits per heavy atom. The second kappa shape index (κ2) is 6.65. The van der Waals surface area contributed by atoms with Crippen molar-refractivity contribution in [3.05, 3.63) is 29.8 Å². The second-order valence-electron chi connectivity index (χ2n) is 4.00. The molecule has 2 nitrogen and oxygen atoms in total. The molecule has 0 saturated heterocycles. The average Bonchev–Trinajstić information content (AvgIpc) is 2.20. The van der Waals surface area contributed by atoms with Gasteiger partial charge in [0.15, 0.2) is 0 Å². The maximum absolute atomic E-state index is 5.66. The minimum Gasteiger partial charge on any atom is -0.870 e. The maximum Gasteiger partial charge on any atom is -0.870 e. The van der Waals surface area contributed by atoms with Crippen molar-refractivity contribution in [3.8, 4) is 0 Å². The van der Waals surface area contributed by atoms with Crippen LogP contribution in [0.15, 0.2) is 24.3 Å². The van der Waals surface area contributed by atoms with Crippen molar-refractivity contribution in [1.29, 1.82) is 0 Å². The first-order chi connectivity index (χ1) is 6.36. The molecule has 0 spiro atoms. The van der Waals surface area contributed by atoms with Gasteiger partial charge >= 0.3 is 81.2 Å². The zero-order valence-electron chi connectivity index (χ0n) is 8.89. The Morgan fingerprint density at radius 2 is 1.40 bits per heavy atom. The molecule has 2 rings (SSSR count). The Balaban J connectivity index is 0.000000980. The fourth-order valence-electron chi connectivity index (χ4n) is 2.20. The van der Waals surface area contributed by atoms with E-state index in [1.807, 2.05) is 12.1 Å². The van der Waals surface area contributed by atoms with Crippen molar-refractivity contribution in [1.82, 2.24) is 0 Å². The fraction of sp³-hybridized carbons (Fsp3) is 0.500. The van der Waals surface area contributed by atoms with Gasteiger partial charge in [0.05, 0.1) is 0 Å². The molecule has 0 radical (unpaired) electrons. The first-order valence-electron chi connectivity index (χ1n) is 5.22. The van der Waals surface area contributed by atoms with Crippen LogP contribution in [0, 0.1) is 0 Å². The van der Waals surface area contributed by atoms with Crippen LogP contribution in [0.3, 0.4) is 0 Å². The fourth-order valence-corrected chi connectivity index (χ4v) is 2.20. The molecule has 0 aromatic heterocycles. The molecule has 15 heavy (non-hydrogen) atoms. The van der Waals surface area contributed by atoms with Gasteiger partial charge in [0, 0.05) is 0 Å². The molecule has 0 heterocycles. The van der Waals surface area contributed by atoms with E-state index in [-0.39, 0.29) is 11.0 Å². The minimum atomic E-state index is 0. The van der Waals surface area contributed by atoms with Crippen LogP contribution in [0.4, 0.5) is 0 Å². The van der Waals surface area contributed by atoms with Gasteiger partial charge in [0.1, 0.15) is 0 Å². The molecular weight excluding hydrogens is 187 g/mol. The summed E-state index contributed by atoms with van der Waals surface area (Å²) < 4.78 is 0. The zero-order chi connectivity index (χ0) is 9.10. The van der Waals surface area contributed by atoms with E-state index in [1.54, 1.807) is 0 Å². The van der Waals surface area contributed by atoms with Gasteiger partial charge in [0.2, 0.25) is 0 Å². The van der Waals surface area contributed by atoms with E-state index in [9.17, 15) is 0 Å². The number of hydrogen-bond donors (Lipinski definition) is 0. The van der Waals surface area contributed by atoms with E-state index >= 15 is 0 Å². The molecule has 1 aliphatic rings. The van der Waals surface area contributed by atoms with Crippen molar-refractivity contribution in [2.24, 2.45) is 0 Å². The van der Waals surface area contributed by atoms with Crippen LogP contribution in [0.5, 0.6) is 0 Å². The van der Waals surface area contributed by atoms with Gasteiger partial charge < -0.3 is 11.0 Å². The summed E-state index contributed by atoms with van der Waals surface area (Å²) in [6, 6.07) is 8.41. The first kappa shape index (κ1) is 14.2. The van der Waals surface area contributed by atoms with E-state index in [2.05, 4.69) is 12.1 Å². The predicted molar refractivity (Wildman–Crippen MR) is 61.5 cm³/mol. The standard InChI is InChI=1S/C12H15B.2H2O/c13-12-8-6-11(7-9-12)10-4-2-1-3-5-10;;/h6-10H,1-5H2;2*1H2/q+2;;/p-2. The number of rotatable bonds is 1. The summed E-state index contributed by atoms with van der Waals surface area (Å²) in [4.78, 5) is 0. The monoisotopic (exact) mass is 204 g/mol. The third-order valence-electron chi connectivity index (χ3n) is 3.01. The molecule has 0 bridgehead atoms. The molecule has 1 fully saturated rings. The van der Waals surface area contributed by atoms with Crippen LogP contribution in [0.2, 0.25) is 0 Å². The van der Waals surface area contributed by atoms with Crippen molar-refractivity contribution < 1.29 is 11.0 Å². The van der Waals surface area contributed by atoms with Gasteiger partial charge in [-0.05, 0) is 0 Å². The summed E-state index contributed by atoms with van der Waals surface area (Å²) in [6.45, 7) is 0. The number of benzene rings is 1. The molecule has 1 aliphatic carbocycles. The van der Waals surface area contributed by atoms with E-state index < -0.39 is 0 Å². The second-order valence-corrected chi connectivity index (χ2v) is 4.00. The van der Waals surface area contributed by atoms with E-state index in [1.165, 1.54) is 37.7 Å². The molecule has 80 valence electrons. The Hall–Kier alpha value is -0.795. The normalized spacial score (nSPS) is 16.4. The first-order valence-corrected chi connectivity index (χ1v) is 5.22. The predicted octanol–water partition coefficient (Wildman–Crippen LogP) is 2.17. The molecule has 0 aliphatic heterocycles. The maximum atomic E-state index is 5.66. The van der Waals surface area contributed by atoms with Crippen molar-refractivity contribution in [2.75, 3.05) is 0 Å². The topological polar surface area (TPSA) is 60.0 Å². The summed E-state index contributed by atoms with van der Waals surface area (Å²) in [7, 11) is 5.66. The molecule has 2 N–H and O–H groups in total. The Bertz CT molecular complexity index is 265. The zero-order valence-corrected chi connectivity index (χ0v) is 8.89. The van der Waals surface area contributed by atoms with Gasteiger partial charge in [0.25, 0.3) is 0 Å². The summed E-state index contributed by atoms with van der Waals surface area (Å²) in [6.07, 6.45) is 6.95. The SMILES string of the molecule is [B+2]c1ccc(C2CCCCC2)cc1.[OH-].[OH-]. The third-order valence-corrected chi connectivity index (χ3v) is 3.01. The van der Waals surface area contributed by atoms with Crippen molar-refractivity contribution in [2.45, 2.75) is 38.0 Å². The van der Waals surface area contributed by atoms with Crippen LogP contribution >= 0.6 is 0 Å². The van der Waals surface area contributed by atoms with E-state index in [0.717, 1.165) is 11.4 Å². The van der Waals surface area contributed by atoms with Crippen LogP contribution in [-0.2, 0) is 0 Å². The Labute approximate surface area is 92.7 Å². The average molecular weight is 204 g/mol. The Kier molecular flexibility index (Phi) is 6.29. The third kappa shape index (κ3) is 3.69. The molecule has 1 aromatic carbocycles. The molecule has 0 unspecified atom stereocenters. The smallest absolute Gasteiger partial charge is 0.870 e. The summed E-state index contributed by atoms with van der Waals surface area (Å²) >= 11 is 0. The van der Waals surface area contributed by atoms with Gasteiger partial charge in [-0.1, -0.05) is 0 Å². The molecule has 0 amide bonds. The van der Waals surface area contributed by atoms with Crippen LogP contribution in [-0.4, -0.2) is 18.8 Å². The summed E-state index contributed by atoms with van der Waals surface area (Å²) in [5.74, 6) is 0.800. The Morgan fingerprint density at radius 3 is 1.93 bits per heavy atom. The van der Waals surface area contributed by atoms with Crippen LogP contribution in [0.1, 0.15) is 43.6 Å². The molecule has 3 heteroatoms. The largest absolute Gasteiger partial charge is 0.870 e. The quantitative estimate of drug-likeness (QED) is 0.658. The van der Waals surface area contributed by atoms with Gasteiger partial charge in [-0.25, -0.2) is 0 Å². The van der Waals surface area contributed by atoms with Gasteiger partial charge in [-0.15, -0.1) is 0 Å². The van der Waals surface area contributed by atoms with E-state index in [4.69, 9.17) is 7.85 Å².